The summed E-state index contributed by atoms with van der Waals surface area (Å²) in [5.74, 6) is 0. The standard InChI is InChI=1S/C24H30ClN6O2P/c1-7-30(8-2)34(27-19-15-17(25)13-14-21(19)31(32)33)22(16-26-29(34)6)23-24(3,4)18-11-9-10-12-20(18)28(23)5/h9-16H,7-8H2,1-6H3/b23-22+. The summed E-state index contributed by atoms with van der Waals surface area (Å²) in [5.41, 5.74) is 3.38. The monoisotopic (exact) mass is 500 g/mol. The number of likely N-dealkylation sites (N-methyl/N-ethyl adjacent to an activating group) is 1. The molecule has 2 aromatic carbocycles. The van der Waals surface area contributed by atoms with Crippen LogP contribution < -0.4 is 4.90 Å². The maximum absolute atomic E-state index is 11.9. The number of rotatable bonds is 5. The third-order valence-corrected chi connectivity index (χ3v) is 10.7. The van der Waals surface area contributed by atoms with E-state index in [0.717, 1.165) is 16.7 Å². The molecule has 0 saturated carbocycles. The molecular weight excluding hydrogens is 471 g/mol. The first kappa shape index (κ1) is 24.5. The minimum Gasteiger partial charge on any atom is -0.346 e. The number of nitro groups is 1. The lowest BCUT2D eigenvalue weighted by Crippen LogP contribution is -2.30. The Labute approximate surface area is 205 Å². The molecule has 0 aromatic heterocycles. The SMILES string of the molecule is CCN(CC)P1(=Nc2cc(Cl)ccc2[N+](=O)[O-])/C(=C2/N(C)c3ccccc3C2(C)C)C=NN1C. The number of benzene rings is 2. The molecule has 10 heteroatoms. The van der Waals surface area contributed by atoms with Crippen LogP contribution in [0.15, 0.2) is 63.3 Å². The molecule has 1 unspecified atom stereocenters. The van der Waals surface area contributed by atoms with Crippen LogP contribution in [0, 0.1) is 10.1 Å². The maximum Gasteiger partial charge on any atom is 0.294 e. The molecule has 2 aliphatic heterocycles. The van der Waals surface area contributed by atoms with Crippen molar-refractivity contribution in [2.75, 3.05) is 32.1 Å². The Bertz CT molecular complexity index is 1270. The number of nitro benzene ring substituents is 1. The molecule has 0 bridgehead atoms. The van der Waals surface area contributed by atoms with Crippen LogP contribution in [0.5, 0.6) is 0 Å². The van der Waals surface area contributed by atoms with Crippen LogP contribution in [0.25, 0.3) is 0 Å². The molecule has 34 heavy (non-hydrogen) atoms. The molecule has 2 heterocycles. The van der Waals surface area contributed by atoms with Gasteiger partial charge in [-0.25, -0.2) is 14.2 Å². The topological polar surface area (TPSA) is 77.6 Å². The van der Waals surface area contributed by atoms with Crippen molar-refractivity contribution in [1.82, 2.24) is 9.45 Å². The average Bonchev–Trinajstić information content (AvgIpc) is 3.20. The number of allylic oxidation sites excluding steroid dienone is 2. The highest BCUT2D eigenvalue weighted by molar-refractivity contribution is 7.67. The Balaban J connectivity index is 2.12. The Morgan fingerprint density at radius 3 is 2.47 bits per heavy atom. The van der Waals surface area contributed by atoms with Crippen LogP contribution in [0.4, 0.5) is 17.1 Å². The van der Waals surface area contributed by atoms with Gasteiger partial charge in [0.2, 0.25) is 0 Å². The van der Waals surface area contributed by atoms with E-state index in [1.165, 1.54) is 17.7 Å². The quantitative estimate of drug-likeness (QED) is 0.255. The van der Waals surface area contributed by atoms with Crippen molar-refractivity contribution >= 4 is 42.2 Å². The van der Waals surface area contributed by atoms with Gasteiger partial charge in [-0.1, -0.05) is 57.5 Å². The zero-order valence-electron chi connectivity index (χ0n) is 20.4. The fourth-order valence-electron chi connectivity index (χ4n) is 5.12. The minimum atomic E-state index is -2.72. The molecular formula is C24H30ClN6O2P. The summed E-state index contributed by atoms with van der Waals surface area (Å²) in [6.07, 6.45) is 1.89. The molecule has 0 amide bonds. The minimum absolute atomic E-state index is 0.0668. The van der Waals surface area contributed by atoms with Gasteiger partial charge in [-0.3, -0.25) is 10.1 Å². The fourth-order valence-corrected chi connectivity index (χ4v) is 9.00. The molecule has 0 N–H and O–H groups in total. The number of fused-ring (bicyclic) bond motifs is 1. The molecule has 2 aliphatic rings. The molecule has 180 valence electrons. The summed E-state index contributed by atoms with van der Waals surface area (Å²) >= 11 is 6.28. The summed E-state index contributed by atoms with van der Waals surface area (Å²) < 4.78 is 9.39. The Morgan fingerprint density at radius 1 is 1.18 bits per heavy atom. The van der Waals surface area contributed by atoms with Gasteiger partial charge < -0.3 is 4.90 Å². The van der Waals surface area contributed by atoms with Gasteiger partial charge in [0.05, 0.1) is 16.5 Å². The molecule has 0 spiro atoms. The van der Waals surface area contributed by atoms with Gasteiger partial charge in [-0.2, -0.15) is 5.10 Å². The molecule has 1 atom stereocenters. The number of hydrazone groups is 1. The maximum atomic E-state index is 11.9. The van der Waals surface area contributed by atoms with E-state index in [2.05, 4.69) is 62.5 Å². The highest BCUT2D eigenvalue weighted by Crippen LogP contribution is 2.69. The van der Waals surface area contributed by atoms with Crippen LogP contribution in [0.2, 0.25) is 5.02 Å². The van der Waals surface area contributed by atoms with Gasteiger partial charge in [0.25, 0.3) is 5.69 Å². The smallest absolute Gasteiger partial charge is 0.294 e. The Hall–Kier alpha value is -2.67. The summed E-state index contributed by atoms with van der Waals surface area (Å²) in [6, 6.07) is 12.9. The Morgan fingerprint density at radius 2 is 1.85 bits per heavy atom. The number of anilines is 1. The molecule has 0 fully saturated rings. The number of hydrogen-bond acceptors (Lipinski definition) is 5. The summed E-state index contributed by atoms with van der Waals surface area (Å²) in [7, 11) is 1.26. The predicted molar refractivity (Wildman–Crippen MR) is 141 cm³/mol. The van der Waals surface area contributed by atoms with Crippen molar-refractivity contribution < 1.29 is 4.92 Å². The largest absolute Gasteiger partial charge is 0.346 e. The van der Waals surface area contributed by atoms with E-state index in [1.807, 2.05) is 24.1 Å². The fraction of sp³-hybridized carbons (Fsp3) is 0.375. The third kappa shape index (κ3) is 3.56. The summed E-state index contributed by atoms with van der Waals surface area (Å²) in [5, 5.41) is 18.0. The number of halogens is 1. The van der Waals surface area contributed by atoms with E-state index in [0.29, 0.717) is 18.1 Å². The summed E-state index contributed by atoms with van der Waals surface area (Å²) in [6.45, 7) is 10.0. The van der Waals surface area contributed by atoms with Gasteiger partial charge in [-0.15, -0.1) is 0 Å². The van der Waals surface area contributed by atoms with Gasteiger partial charge in [-0.05, 0) is 23.8 Å². The second-order valence-corrected chi connectivity index (χ2v) is 12.3. The Kier molecular flexibility index (Phi) is 6.36. The van der Waals surface area contributed by atoms with Gasteiger partial charge >= 0.3 is 0 Å². The van der Waals surface area contributed by atoms with Crippen molar-refractivity contribution in [2.45, 2.75) is 33.1 Å². The van der Waals surface area contributed by atoms with E-state index >= 15 is 0 Å². The number of nitrogens with zero attached hydrogens (tertiary/aromatic N) is 6. The van der Waals surface area contributed by atoms with E-state index in [9.17, 15) is 10.1 Å². The highest BCUT2D eigenvalue weighted by atomic mass is 35.5. The molecule has 0 radical (unpaired) electrons. The predicted octanol–water partition coefficient (Wildman–Crippen LogP) is 6.82. The van der Waals surface area contributed by atoms with Crippen LogP contribution in [-0.2, 0) is 5.41 Å². The van der Waals surface area contributed by atoms with Crippen molar-refractivity contribution in [3.63, 3.8) is 0 Å². The van der Waals surface area contributed by atoms with Gasteiger partial charge in [0, 0.05) is 55.1 Å². The van der Waals surface area contributed by atoms with Crippen LogP contribution in [0.3, 0.4) is 0 Å². The zero-order chi connectivity index (χ0) is 24.8. The molecule has 0 saturated heterocycles. The van der Waals surface area contributed by atoms with Crippen molar-refractivity contribution in [1.29, 1.82) is 0 Å². The molecule has 4 rings (SSSR count). The zero-order valence-corrected chi connectivity index (χ0v) is 22.0. The first-order valence-corrected chi connectivity index (χ1v) is 13.3. The first-order chi connectivity index (χ1) is 16.1. The van der Waals surface area contributed by atoms with Crippen LogP contribution in [-0.4, -0.2) is 47.8 Å². The molecule has 0 aliphatic carbocycles. The summed E-state index contributed by atoms with van der Waals surface area (Å²) in [4.78, 5) is 13.7. The lowest BCUT2D eigenvalue weighted by molar-refractivity contribution is -0.384. The number of hydrogen-bond donors (Lipinski definition) is 0. The van der Waals surface area contributed by atoms with Crippen LogP contribution in [0.1, 0.15) is 33.3 Å². The van der Waals surface area contributed by atoms with Crippen LogP contribution >= 0.6 is 19.0 Å². The number of para-hydroxylation sites is 1. The third-order valence-electron chi connectivity index (χ3n) is 6.69. The van der Waals surface area contributed by atoms with E-state index in [1.54, 1.807) is 6.07 Å². The second kappa shape index (κ2) is 8.84. The van der Waals surface area contributed by atoms with E-state index in [4.69, 9.17) is 21.4 Å². The first-order valence-electron chi connectivity index (χ1n) is 11.3. The lowest BCUT2D eigenvalue weighted by atomic mass is 9.84. The lowest BCUT2D eigenvalue weighted by Gasteiger charge is -2.39. The highest BCUT2D eigenvalue weighted by Gasteiger charge is 2.48. The van der Waals surface area contributed by atoms with Crippen molar-refractivity contribution in [3.05, 3.63) is 74.2 Å². The van der Waals surface area contributed by atoms with Gasteiger partial charge in [0.1, 0.15) is 5.69 Å². The van der Waals surface area contributed by atoms with Crippen molar-refractivity contribution in [3.8, 4) is 0 Å². The van der Waals surface area contributed by atoms with E-state index in [-0.39, 0.29) is 16.8 Å². The normalized spacial score (nSPS) is 23.1. The van der Waals surface area contributed by atoms with Gasteiger partial charge in [0.15, 0.2) is 7.36 Å². The molecule has 8 nitrogen and oxygen atoms in total. The molecule has 2 aromatic rings. The van der Waals surface area contributed by atoms with E-state index < -0.39 is 12.3 Å². The second-order valence-electron chi connectivity index (χ2n) is 8.87. The van der Waals surface area contributed by atoms with Crippen molar-refractivity contribution in [2.24, 2.45) is 9.85 Å². The average molecular weight is 501 g/mol.